The molecule has 17 heavy (non-hydrogen) atoms. The maximum Gasteiger partial charge on any atom is 0.224 e. The van der Waals surface area contributed by atoms with Crippen molar-refractivity contribution in [3.8, 4) is 17.7 Å². The van der Waals surface area contributed by atoms with E-state index in [2.05, 4.69) is 9.97 Å². The molecule has 2 aromatic rings. The van der Waals surface area contributed by atoms with E-state index < -0.39 is 0 Å². The lowest BCUT2D eigenvalue weighted by Gasteiger charge is -2.05. The molecule has 84 valence electrons. The number of rotatable bonds is 3. The number of aromatic nitrogens is 2. The number of para-hydroxylation sites is 1. The second kappa shape index (κ2) is 5.32. The fourth-order valence-corrected chi connectivity index (χ4v) is 1.58. The summed E-state index contributed by atoms with van der Waals surface area (Å²) in [5.74, 6) is 1.06. The molecule has 0 radical (unpaired) electrons. The summed E-state index contributed by atoms with van der Waals surface area (Å²) in [6.45, 7) is 0. The van der Waals surface area contributed by atoms with E-state index in [-0.39, 0.29) is 0 Å². The molecule has 0 saturated carbocycles. The zero-order valence-electron chi connectivity index (χ0n) is 9.12. The van der Waals surface area contributed by atoms with Gasteiger partial charge in [-0.25, -0.2) is 4.98 Å². The highest BCUT2D eigenvalue weighted by molar-refractivity contribution is 7.98. The molecule has 2 rings (SSSR count). The first-order chi connectivity index (χ1) is 8.31. The molecular weight excluding hydrogens is 234 g/mol. The zero-order chi connectivity index (χ0) is 12.1. The van der Waals surface area contributed by atoms with Gasteiger partial charge in [0.05, 0.1) is 0 Å². The monoisotopic (exact) mass is 243 g/mol. The quantitative estimate of drug-likeness (QED) is 0.612. The van der Waals surface area contributed by atoms with E-state index in [0.29, 0.717) is 22.5 Å². The molecule has 1 heterocycles. The molecule has 0 aliphatic rings. The third-order valence-corrected chi connectivity index (χ3v) is 2.49. The van der Waals surface area contributed by atoms with Crippen molar-refractivity contribution in [1.29, 1.82) is 5.26 Å². The lowest BCUT2D eigenvalue weighted by molar-refractivity contribution is 0.455. The summed E-state index contributed by atoms with van der Waals surface area (Å²) in [4.78, 5) is 8.20. The van der Waals surface area contributed by atoms with Gasteiger partial charge in [0.25, 0.3) is 0 Å². The molecule has 0 fully saturated rings. The van der Waals surface area contributed by atoms with E-state index in [1.54, 1.807) is 0 Å². The lowest BCUT2D eigenvalue weighted by atomic mass is 10.3. The lowest BCUT2D eigenvalue weighted by Crippen LogP contribution is -1.94. The van der Waals surface area contributed by atoms with E-state index in [4.69, 9.17) is 10.00 Å². The van der Waals surface area contributed by atoms with Gasteiger partial charge in [-0.05, 0) is 18.4 Å². The predicted molar refractivity (Wildman–Crippen MR) is 65.0 cm³/mol. The Morgan fingerprint density at radius 1 is 1.24 bits per heavy atom. The highest BCUT2D eigenvalue weighted by atomic mass is 32.2. The fraction of sp³-hybridized carbons (Fsp3) is 0.0833. The Labute approximate surface area is 103 Å². The summed E-state index contributed by atoms with van der Waals surface area (Å²) in [5.41, 5.74) is 0.301. The Morgan fingerprint density at radius 3 is 2.65 bits per heavy atom. The van der Waals surface area contributed by atoms with Gasteiger partial charge in [0.15, 0.2) is 5.16 Å². The zero-order valence-corrected chi connectivity index (χ0v) is 9.94. The van der Waals surface area contributed by atoms with Crippen molar-refractivity contribution in [2.45, 2.75) is 5.16 Å². The number of thioether (sulfide) groups is 1. The molecule has 0 unspecified atom stereocenters. The van der Waals surface area contributed by atoms with Crippen LogP contribution in [0.25, 0.3) is 0 Å². The van der Waals surface area contributed by atoms with E-state index in [0.717, 1.165) is 0 Å². The molecule has 0 aliphatic carbocycles. The van der Waals surface area contributed by atoms with E-state index >= 15 is 0 Å². The Hall–Kier alpha value is -2.06. The van der Waals surface area contributed by atoms with Gasteiger partial charge in [-0.1, -0.05) is 30.0 Å². The van der Waals surface area contributed by atoms with Gasteiger partial charge in [-0.2, -0.15) is 10.2 Å². The minimum atomic E-state index is 0.301. The summed E-state index contributed by atoms with van der Waals surface area (Å²) >= 11 is 1.37. The molecule has 1 aromatic heterocycles. The van der Waals surface area contributed by atoms with Crippen LogP contribution in [0, 0.1) is 11.3 Å². The van der Waals surface area contributed by atoms with Crippen LogP contribution in [0.15, 0.2) is 41.6 Å². The van der Waals surface area contributed by atoms with E-state index in [9.17, 15) is 0 Å². The largest absolute Gasteiger partial charge is 0.439 e. The molecule has 4 nitrogen and oxygen atoms in total. The van der Waals surface area contributed by atoms with Crippen LogP contribution >= 0.6 is 11.8 Å². The first kappa shape index (κ1) is 11.4. The van der Waals surface area contributed by atoms with Crippen LogP contribution in [-0.2, 0) is 0 Å². The van der Waals surface area contributed by atoms with E-state index in [1.165, 1.54) is 17.8 Å². The van der Waals surface area contributed by atoms with Crippen molar-refractivity contribution in [1.82, 2.24) is 9.97 Å². The summed E-state index contributed by atoms with van der Waals surface area (Å²) in [7, 11) is 0. The van der Waals surface area contributed by atoms with Crippen LogP contribution in [0.2, 0.25) is 0 Å². The molecule has 0 atom stereocenters. The van der Waals surface area contributed by atoms with Crippen LogP contribution in [0.3, 0.4) is 0 Å². The van der Waals surface area contributed by atoms with Crippen molar-refractivity contribution in [2.75, 3.05) is 6.26 Å². The topological polar surface area (TPSA) is 58.8 Å². The number of benzene rings is 1. The van der Waals surface area contributed by atoms with Crippen molar-refractivity contribution in [2.24, 2.45) is 0 Å². The Morgan fingerprint density at radius 2 is 2.00 bits per heavy atom. The van der Waals surface area contributed by atoms with Crippen LogP contribution in [0.1, 0.15) is 5.69 Å². The molecule has 0 bridgehead atoms. The molecular formula is C12H9N3OS. The van der Waals surface area contributed by atoms with Gasteiger partial charge in [-0.15, -0.1) is 0 Å². The van der Waals surface area contributed by atoms with Gasteiger partial charge < -0.3 is 4.74 Å². The SMILES string of the molecule is CSc1nc(C#N)cc(Oc2ccccc2)n1. The van der Waals surface area contributed by atoms with Gasteiger partial charge in [0.2, 0.25) is 5.88 Å². The molecule has 1 aromatic carbocycles. The molecule has 0 spiro atoms. The molecule has 0 N–H and O–H groups in total. The second-order valence-electron chi connectivity index (χ2n) is 3.11. The summed E-state index contributed by atoms with van der Waals surface area (Å²) in [6.07, 6.45) is 1.85. The van der Waals surface area contributed by atoms with Crippen molar-refractivity contribution in [3.05, 3.63) is 42.1 Å². The number of hydrogen-bond donors (Lipinski definition) is 0. The molecule has 0 aliphatic heterocycles. The summed E-state index contributed by atoms with van der Waals surface area (Å²) in [6, 6.07) is 12.8. The number of nitriles is 1. The first-order valence-corrected chi connectivity index (χ1v) is 6.10. The van der Waals surface area contributed by atoms with Gasteiger partial charge >= 0.3 is 0 Å². The fourth-order valence-electron chi connectivity index (χ4n) is 1.21. The minimum absolute atomic E-state index is 0.301. The number of hydrogen-bond acceptors (Lipinski definition) is 5. The average molecular weight is 243 g/mol. The third kappa shape index (κ3) is 2.95. The van der Waals surface area contributed by atoms with Crippen molar-refractivity contribution in [3.63, 3.8) is 0 Å². The third-order valence-electron chi connectivity index (χ3n) is 1.94. The van der Waals surface area contributed by atoms with Crippen molar-refractivity contribution < 1.29 is 4.74 Å². The average Bonchev–Trinajstić information content (AvgIpc) is 2.39. The maximum atomic E-state index is 8.84. The maximum absolute atomic E-state index is 8.84. The first-order valence-electron chi connectivity index (χ1n) is 4.88. The van der Waals surface area contributed by atoms with Crippen LogP contribution in [0.5, 0.6) is 11.6 Å². The standard InChI is InChI=1S/C12H9N3OS/c1-17-12-14-9(8-13)7-11(15-12)16-10-5-3-2-4-6-10/h2-7H,1H3. The number of nitrogens with zero attached hydrogens (tertiary/aromatic N) is 3. The Bertz CT molecular complexity index is 551. The summed E-state index contributed by atoms with van der Waals surface area (Å²) in [5, 5.41) is 9.37. The minimum Gasteiger partial charge on any atom is -0.439 e. The molecule has 0 amide bonds. The van der Waals surface area contributed by atoms with Gasteiger partial charge in [0.1, 0.15) is 17.5 Å². The van der Waals surface area contributed by atoms with Gasteiger partial charge in [-0.3, -0.25) is 0 Å². The van der Waals surface area contributed by atoms with Crippen molar-refractivity contribution >= 4 is 11.8 Å². The van der Waals surface area contributed by atoms with Crippen LogP contribution in [0.4, 0.5) is 0 Å². The second-order valence-corrected chi connectivity index (χ2v) is 3.88. The van der Waals surface area contributed by atoms with Gasteiger partial charge in [0, 0.05) is 6.07 Å². The Kier molecular flexibility index (Phi) is 3.58. The molecule has 0 saturated heterocycles. The van der Waals surface area contributed by atoms with Crippen LogP contribution < -0.4 is 4.74 Å². The highest BCUT2D eigenvalue weighted by Crippen LogP contribution is 2.21. The van der Waals surface area contributed by atoms with E-state index in [1.807, 2.05) is 42.7 Å². The summed E-state index contributed by atoms with van der Waals surface area (Å²) < 4.78 is 5.55. The number of ether oxygens (including phenoxy) is 1. The highest BCUT2D eigenvalue weighted by Gasteiger charge is 2.05. The smallest absolute Gasteiger partial charge is 0.224 e. The Balaban J connectivity index is 2.30. The normalized spacial score (nSPS) is 9.65. The predicted octanol–water partition coefficient (Wildman–Crippen LogP) is 2.86. The molecule has 5 heteroatoms. The van der Waals surface area contributed by atoms with Crippen LogP contribution in [-0.4, -0.2) is 16.2 Å².